The van der Waals surface area contributed by atoms with Crippen LogP contribution in [0.3, 0.4) is 0 Å². The average Bonchev–Trinajstić information content (AvgIpc) is 3.05. The molecule has 0 N–H and O–H groups in total. The Balaban J connectivity index is 1.87. The van der Waals surface area contributed by atoms with Gasteiger partial charge in [0, 0.05) is 17.7 Å². The second-order valence-corrected chi connectivity index (χ2v) is 6.62. The van der Waals surface area contributed by atoms with Gasteiger partial charge in [-0.05, 0) is 32.9 Å². The van der Waals surface area contributed by atoms with Gasteiger partial charge in [-0.1, -0.05) is 5.16 Å². The number of nitro benzene ring substituents is 1. The standard InChI is InChI=1S/C16H17N3O6/c1-9-12(14(20)18-8-16(2,3)24-15(18)21)13(17-25-9)10-4-6-11(7-5-10)19(22)23/h4-7,9,12H,8H2,1-3H3/t9-,12-/m0/s1. The lowest BCUT2D eigenvalue weighted by Crippen LogP contribution is -2.43. The number of amides is 2. The van der Waals surface area contributed by atoms with Crippen LogP contribution in [0.2, 0.25) is 0 Å². The Bertz CT molecular complexity index is 771. The topological polar surface area (TPSA) is 111 Å². The van der Waals surface area contributed by atoms with Gasteiger partial charge in [0.05, 0.1) is 11.5 Å². The van der Waals surface area contributed by atoms with Gasteiger partial charge in [-0.3, -0.25) is 14.9 Å². The van der Waals surface area contributed by atoms with Crippen molar-refractivity contribution in [1.82, 2.24) is 4.90 Å². The maximum Gasteiger partial charge on any atom is 0.417 e. The number of carbonyl (C=O) groups is 2. The summed E-state index contributed by atoms with van der Waals surface area (Å²) in [4.78, 5) is 41.4. The van der Waals surface area contributed by atoms with Crippen LogP contribution in [0.5, 0.6) is 0 Å². The Hall–Kier alpha value is -2.97. The molecule has 132 valence electrons. The quantitative estimate of drug-likeness (QED) is 0.611. The number of ether oxygens (including phenoxy) is 1. The molecule has 2 aliphatic heterocycles. The van der Waals surface area contributed by atoms with E-state index in [1.165, 1.54) is 24.3 Å². The summed E-state index contributed by atoms with van der Waals surface area (Å²) in [5, 5.41) is 14.7. The number of hydrogen-bond acceptors (Lipinski definition) is 7. The molecule has 0 saturated carbocycles. The fourth-order valence-electron chi connectivity index (χ4n) is 2.89. The molecule has 9 nitrogen and oxygen atoms in total. The SMILES string of the molecule is C[C@@H]1ON=C(c2ccc([N+](=O)[O-])cc2)[C@H]1C(=O)N1CC(C)(C)OC1=O. The Morgan fingerprint density at radius 1 is 1.36 bits per heavy atom. The largest absolute Gasteiger partial charge is 0.441 e. The molecule has 25 heavy (non-hydrogen) atoms. The normalized spacial score (nSPS) is 24.5. The number of cyclic esters (lactones) is 1. The minimum Gasteiger partial charge on any atom is -0.441 e. The fourth-order valence-corrected chi connectivity index (χ4v) is 2.89. The van der Waals surface area contributed by atoms with Gasteiger partial charge in [-0.25, -0.2) is 9.69 Å². The summed E-state index contributed by atoms with van der Waals surface area (Å²) in [5.74, 6) is -1.25. The van der Waals surface area contributed by atoms with Crippen molar-refractivity contribution in [3.05, 3.63) is 39.9 Å². The number of nitro groups is 1. The number of oxime groups is 1. The van der Waals surface area contributed by atoms with E-state index in [0.717, 1.165) is 4.90 Å². The van der Waals surface area contributed by atoms with Crippen LogP contribution in [0, 0.1) is 16.0 Å². The zero-order chi connectivity index (χ0) is 18.4. The van der Waals surface area contributed by atoms with E-state index in [1.807, 2.05) is 0 Å². The second-order valence-electron chi connectivity index (χ2n) is 6.62. The Morgan fingerprint density at radius 3 is 2.52 bits per heavy atom. The molecule has 2 atom stereocenters. The van der Waals surface area contributed by atoms with Crippen molar-refractivity contribution in [1.29, 1.82) is 0 Å². The van der Waals surface area contributed by atoms with Crippen molar-refractivity contribution in [2.24, 2.45) is 11.1 Å². The maximum atomic E-state index is 12.9. The van der Waals surface area contributed by atoms with Crippen LogP contribution in [0.1, 0.15) is 26.3 Å². The lowest BCUT2D eigenvalue weighted by molar-refractivity contribution is -0.384. The molecule has 3 rings (SSSR count). The first-order valence-corrected chi connectivity index (χ1v) is 7.72. The number of imide groups is 1. The molecule has 1 aromatic rings. The molecular formula is C16H17N3O6. The predicted octanol–water partition coefficient (Wildman–Crippen LogP) is 2.09. The minimum absolute atomic E-state index is 0.0657. The summed E-state index contributed by atoms with van der Waals surface area (Å²) < 4.78 is 5.17. The van der Waals surface area contributed by atoms with E-state index in [2.05, 4.69) is 5.16 Å². The molecule has 2 aliphatic rings. The first kappa shape index (κ1) is 16.9. The molecule has 0 unspecified atom stereocenters. The van der Waals surface area contributed by atoms with Crippen LogP contribution in [-0.4, -0.2) is 45.8 Å². The van der Waals surface area contributed by atoms with E-state index in [1.54, 1.807) is 20.8 Å². The molecule has 1 aromatic carbocycles. The average molecular weight is 347 g/mol. The van der Waals surface area contributed by atoms with Gasteiger partial charge in [0.2, 0.25) is 5.91 Å². The zero-order valence-electron chi connectivity index (χ0n) is 14.0. The van der Waals surface area contributed by atoms with Crippen molar-refractivity contribution in [2.75, 3.05) is 6.54 Å². The summed E-state index contributed by atoms with van der Waals surface area (Å²) in [5.41, 5.74) is 0.0502. The highest BCUT2D eigenvalue weighted by Gasteiger charge is 2.47. The predicted molar refractivity (Wildman–Crippen MR) is 85.9 cm³/mol. The third-order valence-corrected chi connectivity index (χ3v) is 4.11. The van der Waals surface area contributed by atoms with Crippen LogP contribution in [0.4, 0.5) is 10.5 Å². The Labute approximate surface area is 143 Å². The van der Waals surface area contributed by atoms with E-state index in [0.29, 0.717) is 11.3 Å². The van der Waals surface area contributed by atoms with Crippen molar-refractivity contribution < 1.29 is 24.1 Å². The van der Waals surface area contributed by atoms with Gasteiger partial charge < -0.3 is 9.57 Å². The van der Waals surface area contributed by atoms with Crippen LogP contribution in [-0.2, 0) is 14.4 Å². The monoisotopic (exact) mass is 347 g/mol. The molecule has 9 heteroatoms. The van der Waals surface area contributed by atoms with Crippen molar-refractivity contribution >= 4 is 23.4 Å². The van der Waals surface area contributed by atoms with Gasteiger partial charge in [0.15, 0.2) is 0 Å². The maximum absolute atomic E-state index is 12.9. The van der Waals surface area contributed by atoms with Gasteiger partial charge in [-0.2, -0.15) is 0 Å². The third kappa shape index (κ3) is 3.04. The van der Waals surface area contributed by atoms with E-state index >= 15 is 0 Å². The highest BCUT2D eigenvalue weighted by atomic mass is 16.6. The summed E-state index contributed by atoms with van der Waals surface area (Å²) in [7, 11) is 0. The number of hydrogen-bond donors (Lipinski definition) is 0. The van der Waals surface area contributed by atoms with E-state index in [9.17, 15) is 19.7 Å². The molecule has 0 aromatic heterocycles. The lowest BCUT2D eigenvalue weighted by Gasteiger charge is -2.20. The van der Waals surface area contributed by atoms with Crippen molar-refractivity contribution in [3.8, 4) is 0 Å². The highest BCUT2D eigenvalue weighted by Crippen LogP contribution is 2.30. The van der Waals surface area contributed by atoms with E-state index in [-0.39, 0.29) is 12.2 Å². The van der Waals surface area contributed by atoms with Crippen molar-refractivity contribution in [2.45, 2.75) is 32.5 Å². The second kappa shape index (κ2) is 5.83. The fraction of sp³-hybridized carbons (Fsp3) is 0.438. The minimum atomic E-state index is -0.789. The molecular weight excluding hydrogens is 330 g/mol. The molecule has 0 aliphatic carbocycles. The summed E-state index contributed by atoms with van der Waals surface area (Å²) in [6.07, 6.45) is -1.26. The molecule has 0 spiro atoms. The number of carbonyl (C=O) groups excluding carboxylic acids is 2. The van der Waals surface area contributed by atoms with Gasteiger partial charge >= 0.3 is 6.09 Å². The Morgan fingerprint density at radius 2 is 2.00 bits per heavy atom. The first-order chi connectivity index (χ1) is 11.7. The van der Waals surface area contributed by atoms with Gasteiger partial charge in [0.25, 0.3) is 5.69 Å². The van der Waals surface area contributed by atoms with Crippen molar-refractivity contribution in [3.63, 3.8) is 0 Å². The third-order valence-electron chi connectivity index (χ3n) is 4.11. The molecule has 2 amide bonds. The van der Waals surface area contributed by atoms with Gasteiger partial charge in [0.1, 0.15) is 23.3 Å². The molecule has 1 saturated heterocycles. The molecule has 0 bridgehead atoms. The number of nitrogens with zero attached hydrogens (tertiary/aromatic N) is 3. The molecule has 0 radical (unpaired) electrons. The summed E-state index contributed by atoms with van der Waals surface area (Å²) in [6.45, 7) is 5.26. The van der Waals surface area contributed by atoms with Crippen LogP contribution in [0.25, 0.3) is 0 Å². The first-order valence-electron chi connectivity index (χ1n) is 7.72. The smallest absolute Gasteiger partial charge is 0.417 e. The van der Waals surface area contributed by atoms with E-state index in [4.69, 9.17) is 9.57 Å². The number of rotatable bonds is 3. The Kier molecular flexibility index (Phi) is 3.94. The summed E-state index contributed by atoms with van der Waals surface area (Å²) in [6, 6.07) is 5.67. The molecule has 2 heterocycles. The van der Waals surface area contributed by atoms with Gasteiger partial charge in [-0.15, -0.1) is 0 Å². The highest BCUT2D eigenvalue weighted by molar-refractivity contribution is 6.16. The zero-order valence-corrected chi connectivity index (χ0v) is 14.0. The number of benzene rings is 1. The summed E-state index contributed by atoms with van der Waals surface area (Å²) >= 11 is 0. The van der Waals surface area contributed by atoms with Crippen LogP contribution in [0.15, 0.2) is 29.4 Å². The van der Waals surface area contributed by atoms with Crippen LogP contribution >= 0.6 is 0 Å². The molecule has 1 fully saturated rings. The van der Waals surface area contributed by atoms with Crippen LogP contribution < -0.4 is 0 Å². The lowest BCUT2D eigenvalue weighted by atomic mass is 9.91. The number of non-ortho nitro benzene ring substituents is 1. The van der Waals surface area contributed by atoms with E-state index < -0.39 is 34.5 Å².